The summed E-state index contributed by atoms with van der Waals surface area (Å²) in [6, 6.07) is 2.36. The molecule has 0 saturated heterocycles. The van der Waals surface area contributed by atoms with Crippen LogP contribution in [0.15, 0.2) is 11.4 Å². The van der Waals surface area contributed by atoms with Crippen LogP contribution in [0.25, 0.3) is 0 Å². The van der Waals surface area contributed by atoms with Gasteiger partial charge in [0, 0.05) is 12.0 Å². The van der Waals surface area contributed by atoms with E-state index < -0.39 is 0 Å². The lowest BCUT2D eigenvalue weighted by Gasteiger charge is -2.25. The highest BCUT2D eigenvalue weighted by molar-refractivity contribution is 7.10. The topological polar surface area (TPSA) is 47.3 Å². The van der Waals surface area contributed by atoms with Gasteiger partial charge in [0.05, 0.1) is 11.6 Å². The lowest BCUT2D eigenvalue weighted by molar-refractivity contribution is 0.0117. The molecule has 1 rings (SSSR count). The smallest absolute Gasteiger partial charge is 0.0623 e. The first-order valence-electron chi connectivity index (χ1n) is 5.55. The predicted molar refractivity (Wildman–Crippen MR) is 69.4 cm³/mol. The van der Waals surface area contributed by atoms with E-state index in [0.717, 1.165) is 12.8 Å². The lowest BCUT2D eigenvalue weighted by Crippen LogP contribution is -2.31. The van der Waals surface area contributed by atoms with Crippen LogP contribution in [0, 0.1) is 6.92 Å². The van der Waals surface area contributed by atoms with Gasteiger partial charge in [-0.1, -0.05) is 0 Å². The highest BCUT2D eigenvalue weighted by Gasteiger charge is 2.21. The van der Waals surface area contributed by atoms with E-state index in [4.69, 9.17) is 10.6 Å². The Kier molecular flexibility index (Phi) is 4.92. The predicted octanol–water partition coefficient (Wildman–Crippen LogP) is 2.77. The number of ether oxygens (including phenoxy) is 1. The Morgan fingerprint density at radius 1 is 1.56 bits per heavy atom. The number of methoxy groups -OCH3 is 1. The molecule has 0 aliphatic rings. The van der Waals surface area contributed by atoms with E-state index in [1.165, 1.54) is 10.4 Å². The zero-order valence-electron chi connectivity index (χ0n) is 10.5. The van der Waals surface area contributed by atoms with Crippen molar-refractivity contribution in [1.29, 1.82) is 0 Å². The monoisotopic (exact) mass is 242 g/mol. The molecule has 0 aromatic carbocycles. The number of hydrazine groups is 1. The first-order chi connectivity index (χ1) is 7.50. The Hall–Kier alpha value is -0.420. The largest absolute Gasteiger partial charge is 0.379 e. The molecule has 3 nitrogen and oxygen atoms in total. The Bertz CT molecular complexity index is 323. The minimum Gasteiger partial charge on any atom is -0.379 e. The number of rotatable bonds is 6. The van der Waals surface area contributed by atoms with E-state index in [1.54, 1.807) is 18.4 Å². The molecule has 0 aliphatic heterocycles. The summed E-state index contributed by atoms with van der Waals surface area (Å²) in [4.78, 5) is 1.33. The van der Waals surface area contributed by atoms with Crippen LogP contribution in [0.1, 0.15) is 43.2 Å². The van der Waals surface area contributed by atoms with Crippen molar-refractivity contribution in [3.8, 4) is 0 Å². The van der Waals surface area contributed by atoms with Gasteiger partial charge in [-0.3, -0.25) is 11.3 Å². The van der Waals surface area contributed by atoms with Crippen molar-refractivity contribution in [3.63, 3.8) is 0 Å². The van der Waals surface area contributed by atoms with Crippen molar-refractivity contribution < 1.29 is 4.74 Å². The van der Waals surface area contributed by atoms with Crippen LogP contribution in [-0.4, -0.2) is 12.7 Å². The number of thiophene rings is 1. The number of nitrogens with one attached hydrogen (secondary N) is 1. The molecular weight excluding hydrogens is 220 g/mol. The van der Waals surface area contributed by atoms with E-state index in [9.17, 15) is 0 Å². The third-order valence-corrected chi connectivity index (χ3v) is 4.14. The van der Waals surface area contributed by atoms with Crippen molar-refractivity contribution in [2.24, 2.45) is 5.84 Å². The van der Waals surface area contributed by atoms with Crippen LogP contribution in [0.4, 0.5) is 0 Å². The fourth-order valence-corrected chi connectivity index (χ4v) is 2.65. The standard InChI is InChI=1S/C12H22N2OS/c1-9-6-8-16-11(9)10(14-13)5-7-12(2,3)15-4/h6,8,10,14H,5,7,13H2,1-4H3. The van der Waals surface area contributed by atoms with Crippen molar-refractivity contribution in [2.45, 2.75) is 45.3 Å². The molecule has 0 saturated carbocycles. The summed E-state index contributed by atoms with van der Waals surface area (Å²) in [5, 5.41) is 2.11. The van der Waals surface area contributed by atoms with Gasteiger partial charge in [0.15, 0.2) is 0 Å². The van der Waals surface area contributed by atoms with E-state index in [1.807, 2.05) is 0 Å². The highest BCUT2D eigenvalue weighted by Crippen LogP contribution is 2.29. The van der Waals surface area contributed by atoms with Crippen LogP contribution >= 0.6 is 11.3 Å². The maximum atomic E-state index is 5.62. The maximum Gasteiger partial charge on any atom is 0.0623 e. The summed E-state index contributed by atoms with van der Waals surface area (Å²) >= 11 is 1.76. The highest BCUT2D eigenvalue weighted by atomic mass is 32.1. The first kappa shape index (κ1) is 13.6. The molecule has 0 aliphatic carbocycles. The van der Waals surface area contributed by atoms with E-state index >= 15 is 0 Å². The lowest BCUT2D eigenvalue weighted by atomic mass is 9.97. The Morgan fingerprint density at radius 3 is 2.69 bits per heavy atom. The molecule has 3 N–H and O–H groups in total. The summed E-state index contributed by atoms with van der Waals surface area (Å²) < 4.78 is 5.41. The van der Waals surface area contributed by atoms with E-state index in [2.05, 4.69) is 37.6 Å². The molecule has 0 fully saturated rings. The molecule has 1 atom stereocenters. The van der Waals surface area contributed by atoms with Crippen LogP contribution < -0.4 is 11.3 Å². The van der Waals surface area contributed by atoms with Crippen LogP contribution in [-0.2, 0) is 4.74 Å². The molecule has 92 valence electrons. The van der Waals surface area contributed by atoms with Crippen molar-refractivity contribution in [2.75, 3.05) is 7.11 Å². The Balaban J connectivity index is 2.60. The van der Waals surface area contributed by atoms with Crippen LogP contribution in [0.2, 0.25) is 0 Å². The van der Waals surface area contributed by atoms with Crippen molar-refractivity contribution >= 4 is 11.3 Å². The zero-order chi connectivity index (χ0) is 12.2. The fourth-order valence-electron chi connectivity index (χ4n) is 1.63. The minimum absolute atomic E-state index is 0.0831. The van der Waals surface area contributed by atoms with Crippen molar-refractivity contribution in [3.05, 3.63) is 21.9 Å². The number of hydrogen-bond donors (Lipinski definition) is 2. The third-order valence-electron chi connectivity index (χ3n) is 3.01. The van der Waals surface area contributed by atoms with E-state index in [-0.39, 0.29) is 11.6 Å². The molecule has 0 amide bonds. The second-order valence-corrected chi connectivity index (χ2v) is 5.64. The van der Waals surface area contributed by atoms with Gasteiger partial charge in [-0.2, -0.15) is 0 Å². The molecule has 16 heavy (non-hydrogen) atoms. The molecule has 1 aromatic heterocycles. The van der Waals surface area contributed by atoms with Gasteiger partial charge in [0.1, 0.15) is 0 Å². The summed E-state index contributed by atoms with van der Waals surface area (Å²) in [6.45, 7) is 6.32. The summed E-state index contributed by atoms with van der Waals surface area (Å²) in [7, 11) is 1.75. The van der Waals surface area contributed by atoms with Crippen molar-refractivity contribution in [1.82, 2.24) is 5.43 Å². The summed E-state index contributed by atoms with van der Waals surface area (Å²) in [5.41, 5.74) is 4.12. The van der Waals surface area contributed by atoms with Gasteiger partial charge >= 0.3 is 0 Å². The Morgan fingerprint density at radius 2 is 2.25 bits per heavy atom. The fraction of sp³-hybridized carbons (Fsp3) is 0.667. The molecule has 0 radical (unpaired) electrons. The molecule has 1 heterocycles. The van der Waals surface area contributed by atoms with Gasteiger partial charge < -0.3 is 4.74 Å². The first-order valence-corrected chi connectivity index (χ1v) is 6.43. The number of hydrogen-bond acceptors (Lipinski definition) is 4. The molecule has 1 unspecified atom stereocenters. The molecule has 0 spiro atoms. The van der Waals surface area contributed by atoms with Gasteiger partial charge in [0.2, 0.25) is 0 Å². The quantitative estimate of drug-likeness (QED) is 0.595. The summed E-state index contributed by atoms with van der Waals surface area (Å²) in [6.07, 6.45) is 1.97. The minimum atomic E-state index is -0.0831. The third kappa shape index (κ3) is 3.56. The van der Waals surface area contributed by atoms with Gasteiger partial charge in [-0.15, -0.1) is 11.3 Å². The zero-order valence-corrected chi connectivity index (χ0v) is 11.4. The summed E-state index contributed by atoms with van der Waals surface area (Å²) in [5.74, 6) is 5.62. The van der Waals surface area contributed by atoms with Crippen LogP contribution in [0.3, 0.4) is 0 Å². The number of aryl methyl sites for hydroxylation is 1. The van der Waals surface area contributed by atoms with E-state index in [0.29, 0.717) is 0 Å². The normalized spacial score (nSPS) is 14.1. The van der Waals surface area contributed by atoms with Gasteiger partial charge in [0.25, 0.3) is 0 Å². The van der Waals surface area contributed by atoms with Gasteiger partial charge in [-0.25, -0.2) is 0 Å². The molecular formula is C12H22N2OS. The maximum absolute atomic E-state index is 5.62. The second-order valence-electron chi connectivity index (χ2n) is 4.69. The molecule has 0 bridgehead atoms. The molecule has 4 heteroatoms. The van der Waals surface area contributed by atoms with Gasteiger partial charge in [-0.05, 0) is 50.6 Å². The average molecular weight is 242 g/mol. The van der Waals surface area contributed by atoms with Crippen LogP contribution in [0.5, 0.6) is 0 Å². The number of nitrogens with two attached hydrogens (primary N) is 1. The molecule has 1 aromatic rings. The Labute approximate surface area is 102 Å². The SMILES string of the molecule is COC(C)(C)CCC(NN)c1sccc1C. The average Bonchev–Trinajstić information content (AvgIpc) is 2.66. The second kappa shape index (κ2) is 5.77.